The first-order valence-electron chi connectivity index (χ1n) is 12.0. The number of allylic oxidation sites excluding steroid dienone is 4. The van der Waals surface area contributed by atoms with E-state index in [1.807, 2.05) is 18.2 Å². The van der Waals surface area contributed by atoms with Crippen molar-refractivity contribution in [3.8, 4) is 0 Å². The van der Waals surface area contributed by atoms with Crippen LogP contribution in [0.2, 0.25) is 0 Å². The zero-order chi connectivity index (χ0) is 23.5. The molecular formula is C30H33NO2. The van der Waals surface area contributed by atoms with Crippen LogP contribution in [0.5, 0.6) is 0 Å². The summed E-state index contributed by atoms with van der Waals surface area (Å²) in [5.74, 6) is 0.0814. The molecule has 0 saturated heterocycles. The standard InChI is InChI=1S/C30H33NO2/c1-19-11-13-21(14-12-19)31-22-15-29(2,3)17-24(32)27(22)26(20-9-7-6-8-10-20)28-23(31)16-30(4,5)18-25(28)33/h6-14,26H,15-18H2,1-5H3. The smallest absolute Gasteiger partial charge is 0.162 e. The minimum Gasteiger partial charge on any atom is -0.317 e. The molecule has 0 saturated carbocycles. The quantitative estimate of drug-likeness (QED) is 0.511. The molecule has 0 unspecified atom stereocenters. The number of anilines is 1. The number of ketones is 2. The molecule has 2 aromatic rings. The zero-order valence-electron chi connectivity index (χ0n) is 20.4. The van der Waals surface area contributed by atoms with Crippen LogP contribution in [0.4, 0.5) is 5.69 Å². The van der Waals surface area contributed by atoms with Crippen molar-refractivity contribution in [1.82, 2.24) is 0 Å². The number of hydrogen-bond acceptors (Lipinski definition) is 3. The number of carbonyl (C=O) groups excluding carboxylic acids is 2. The molecule has 1 aliphatic heterocycles. The van der Waals surface area contributed by atoms with Crippen molar-refractivity contribution in [2.75, 3.05) is 4.90 Å². The van der Waals surface area contributed by atoms with Crippen molar-refractivity contribution in [2.45, 2.75) is 66.2 Å². The average molecular weight is 440 g/mol. The third kappa shape index (κ3) is 3.78. The molecule has 0 aromatic heterocycles. The number of Topliss-reactive ketones (excluding diaryl/α,β-unsaturated/α-hetero) is 2. The van der Waals surface area contributed by atoms with Crippen LogP contribution in [0.25, 0.3) is 0 Å². The molecule has 3 aliphatic rings. The average Bonchev–Trinajstić information content (AvgIpc) is 2.72. The highest BCUT2D eigenvalue weighted by molar-refractivity contribution is 6.08. The molecule has 0 amide bonds. The maximum Gasteiger partial charge on any atom is 0.162 e. The Labute approximate surface area is 197 Å². The van der Waals surface area contributed by atoms with E-state index in [0.717, 1.165) is 46.6 Å². The van der Waals surface area contributed by atoms with Crippen LogP contribution in [-0.2, 0) is 9.59 Å². The summed E-state index contributed by atoms with van der Waals surface area (Å²) < 4.78 is 0. The van der Waals surface area contributed by atoms with Gasteiger partial charge in [-0.05, 0) is 48.3 Å². The van der Waals surface area contributed by atoms with Gasteiger partial charge in [0.15, 0.2) is 11.6 Å². The van der Waals surface area contributed by atoms with E-state index in [0.29, 0.717) is 12.8 Å². The molecule has 0 fully saturated rings. The summed E-state index contributed by atoms with van der Waals surface area (Å²) in [6, 6.07) is 18.6. The van der Waals surface area contributed by atoms with Crippen LogP contribution in [-0.4, -0.2) is 11.6 Å². The first kappa shape index (κ1) is 21.9. The lowest BCUT2D eigenvalue weighted by Gasteiger charge is -2.49. The van der Waals surface area contributed by atoms with Crippen molar-refractivity contribution in [3.05, 3.63) is 88.3 Å². The van der Waals surface area contributed by atoms with E-state index in [4.69, 9.17) is 0 Å². The third-order valence-electron chi connectivity index (χ3n) is 7.34. The number of aryl methyl sites for hydroxylation is 1. The summed E-state index contributed by atoms with van der Waals surface area (Å²) in [6.07, 6.45) is 2.66. The van der Waals surface area contributed by atoms with E-state index < -0.39 is 0 Å². The summed E-state index contributed by atoms with van der Waals surface area (Å²) in [5, 5.41) is 0. The number of nitrogens with zero attached hydrogens (tertiary/aromatic N) is 1. The fourth-order valence-electron chi connectivity index (χ4n) is 5.95. The van der Waals surface area contributed by atoms with Gasteiger partial charge in [-0.3, -0.25) is 9.59 Å². The first-order chi connectivity index (χ1) is 15.6. The lowest BCUT2D eigenvalue weighted by molar-refractivity contribution is -0.119. The van der Waals surface area contributed by atoms with Gasteiger partial charge in [-0.2, -0.15) is 0 Å². The van der Waals surface area contributed by atoms with Crippen LogP contribution < -0.4 is 4.90 Å². The van der Waals surface area contributed by atoms with Crippen molar-refractivity contribution in [2.24, 2.45) is 10.8 Å². The second-order valence-corrected chi connectivity index (χ2v) is 11.6. The molecular weight excluding hydrogens is 406 g/mol. The highest BCUT2D eigenvalue weighted by Crippen LogP contribution is 2.55. The predicted molar refractivity (Wildman–Crippen MR) is 133 cm³/mol. The minimum atomic E-state index is -0.273. The van der Waals surface area contributed by atoms with Gasteiger partial charge >= 0.3 is 0 Å². The Morgan fingerprint density at radius 1 is 0.697 bits per heavy atom. The highest BCUT2D eigenvalue weighted by atomic mass is 16.1. The molecule has 33 heavy (non-hydrogen) atoms. The van der Waals surface area contributed by atoms with Gasteiger partial charge in [-0.15, -0.1) is 0 Å². The number of hydrogen-bond donors (Lipinski definition) is 0. The molecule has 2 aromatic carbocycles. The predicted octanol–water partition coefficient (Wildman–Crippen LogP) is 6.89. The molecule has 170 valence electrons. The lowest BCUT2D eigenvalue weighted by atomic mass is 9.63. The van der Waals surface area contributed by atoms with E-state index in [1.54, 1.807) is 0 Å². The van der Waals surface area contributed by atoms with Crippen molar-refractivity contribution < 1.29 is 9.59 Å². The van der Waals surface area contributed by atoms with Gasteiger partial charge in [0.25, 0.3) is 0 Å². The summed E-state index contributed by atoms with van der Waals surface area (Å²) in [7, 11) is 0. The summed E-state index contributed by atoms with van der Waals surface area (Å²) in [4.78, 5) is 29.8. The molecule has 3 heteroatoms. The van der Waals surface area contributed by atoms with Crippen molar-refractivity contribution in [3.63, 3.8) is 0 Å². The monoisotopic (exact) mass is 439 g/mol. The largest absolute Gasteiger partial charge is 0.317 e. The van der Waals surface area contributed by atoms with E-state index >= 15 is 0 Å². The maximum absolute atomic E-state index is 13.7. The molecule has 2 aliphatic carbocycles. The van der Waals surface area contributed by atoms with Gasteiger partial charge in [0, 0.05) is 47.0 Å². The Balaban J connectivity index is 1.82. The van der Waals surface area contributed by atoms with E-state index in [-0.39, 0.29) is 28.3 Å². The van der Waals surface area contributed by atoms with E-state index in [1.165, 1.54) is 5.56 Å². The Morgan fingerprint density at radius 2 is 1.18 bits per heavy atom. The van der Waals surface area contributed by atoms with Crippen LogP contribution in [0, 0.1) is 17.8 Å². The van der Waals surface area contributed by atoms with Gasteiger partial charge in [0.05, 0.1) is 0 Å². The maximum atomic E-state index is 13.7. The number of carbonyl (C=O) groups is 2. The number of benzene rings is 2. The third-order valence-corrected chi connectivity index (χ3v) is 7.34. The Hall–Kier alpha value is -2.94. The highest BCUT2D eigenvalue weighted by Gasteiger charge is 2.49. The molecule has 0 spiro atoms. The first-order valence-corrected chi connectivity index (χ1v) is 12.0. The summed E-state index contributed by atoms with van der Waals surface area (Å²) in [5.41, 5.74) is 6.86. The van der Waals surface area contributed by atoms with Gasteiger partial charge in [-0.1, -0.05) is 75.7 Å². The molecule has 3 nitrogen and oxygen atoms in total. The Morgan fingerprint density at radius 3 is 1.67 bits per heavy atom. The van der Waals surface area contributed by atoms with Crippen LogP contribution in [0.15, 0.2) is 77.1 Å². The number of rotatable bonds is 2. The fourth-order valence-corrected chi connectivity index (χ4v) is 5.95. The topological polar surface area (TPSA) is 37.4 Å². The van der Waals surface area contributed by atoms with Gasteiger partial charge in [0.2, 0.25) is 0 Å². The van der Waals surface area contributed by atoms with Crippen molar-refractivity contribution in [1.29, 1.82) is 0 Å². The van der Waals surface area contributed by atoms with Gasteiger partial charge in [-0.25, -0.2) is 0 Å². The fraction of sp³-hybridized carbons (Fsp3) is 0.400. The SMILES string of the molecule is Cc1ccc(N2C3=C(C(=O)CC(C)(C)C3)C(c3ccccc3)C3=C2CC(C)(C)CC3=O)cc1. The molecule has 0 atom stereocenters. The molecule has 5 rings (SSSR count). The normalized spacial score (nSPS) is 22.4. The molecule has 0 bridgehead atoms. The zero-order valence-corrected chi connectivity index (χ0v) is 20.4. The molecule has 1 heterocycles. The Bertz CT molecular complexity index is 1140. The van der Waals surface area contributed by atoms with Gasteiger partial charge < -0.3 is 4.90 Å². The van der Waals surface area contributed by atoms with Crippen molar-refractivity contribution >= 4 is 17.3 Å². The molecule has 0 N–H and O–H groups in total. The van der Waals surface area contributed by atoms with Crippen LogP contribution >= 0.6 is 0 Å². The van der Waals surface area contributed by atoms with Crippen LogP contribution in [0.3, 0.4) is 0 Å². The second kappa shape index (κ2) is 7.55. The van der Waals surface area contributed by atoms with E-state index in [2.05, 4.69) is 75.9 Å². The Kier molecular flexibility index (Phi) is 5.00. The van der Waals surface area contributed by atoms with Gasteiger partial charge in [0.1, 0.15) is 0 Å². The minimum absolute atomic E-state index is 0.119. The summed E-state index contributed by atoms with van der Waals surface area (Å²) in [6.45, 7) is 10.8. The van der Waals surface area contributed by atoms with E-state index in [9.17, 15) is 9.59 Å². The lowest BCUT2D eigenvalue weighted by Crippen LogP contribution is -2.44. The summed E-state index contributed by atoms with van der Waals surface area (Å²) >= 11 is 0. The van der Waals surface area contributed by atoms with Crippen LogP contribution in [0.1, 0.15) is 70.4 Å². The molecule has 0 radical (unpaired) electrons. The second-order valence-electron chi connectivity index (χ2n) is 11.6.